The Morgan fingerprint density at radius 1 is 0.838 bits per heavy atom. The third kappa shape index (κ3) is 4.01. The van der Waals surface area contributed by atoms with Crippen LogP contribution in [-0.4, -0.2) is 35.1 Å². The first-order chi connectivity index (χ1) is 18.3. The van der Waals surface area contributed by atoms with Crippen molar-refractivity contribution in [3.05, 3.63) is 96.3 Å². The van der Waals surface area contributed by atoms with Crippen molar-refractivity contribution in [1.82, 2.24) is 35.1 Å². The lowest BCUT2D eigenvalue weighted by atomic mass is 10.1. The third-order valence-electron chi connectivity index (χ3n) is 6.04. The van der Waals surface area contributed by atoms with Crippen LogP contribution in [0.4, 0.5) is 0 Å². The molecule has 0 saturated carbocycles. The lowest BCUT2D eigenvalue weighted by molar-refractivity contribution is 0.305. The van der Waals surface area contributed by atoms with Gasteiger partial charge in [-0.25, -0.2) is 9.97 Å². The maximum Gasteiger partial charge on any atom is 0.161 e. The van der Waals surface area contributed by atoms with Crippen LogP contribution < -0.4 is 4.74 Å². The molecule has 0 aliphatic rings. The van der Waals surface area contributed by atoms with Crippen molar-refractivity contribution in [2.75, 3.05) is 0 Å². The van der Waals surface area contributed by atoms with Gasteiger partial charge in [0.2, 0.25) is 0 Å². The SMILES string of the molecule is c1ccc(COc2cncc(-c3ccc4[nH]nc(-c5nc6c(-c7cccs7)nccc6[nH]5)c4n3)c2)cc1. The zero-order chi connectivity index (χ0) is 24.6. The second-order valence-electron chi connectivity index (χ2n) is 8.47. The molecular weight excluding hydrogens is 482 g/mol. The van der Waals surface area contributed by atoms with Gasteiger partial charge in [-0.2, -0.15) is 5.10 Å². The lowest BCUT2D eigenvalue weighted by Gasteiger charge is -2.08. The van der Waals surface area contributed by atoms with Gasteiger partial charge in [0.05, 0.1) is 27.8 Å². The summed E-state index contributed by atoms with van der Waals surface area (Å²) in [4.78, 5) is 23.2. The second-order valence-corrected chi connectivity index (χ2v) is 9.41. The number of benzene rings is 1. The van der Waals surface area contributed by atoms with Crippen LogP contribution in [0.15, 0.2) is 90.7 Å². The van der Waals surface area contributed by atoms with Crippen molar-refractivity contribution in [2.24, 2.45) is 0 Å². The summed E-state index contributed by atoms with van der Waals surface area (Å²) in [5.41, 5.74) is 7.46. The number of aromatic nitrogens is 7. The van der Waals surface area contributed by atoms with E-state index in [1.807, 2.05) is 72.1 Å². The molecule has 7 aromatic rings. The van der Waals surface area contributed by atoms with Crippen LogP contribution in [0.5, 0.6) is 5.75 Å². The highest BCUT2D eigenvalue weighted by molar-refractivity contribution is 7.13. The third-order valence-corrected chi connectivity index (χ3v) is 6.92. The van der Waals surface area contributed by atoms with Gasteiger partial charge in [0.15, 0.2) is 11.5 Å². The highest BCUT2D eigenvalue weighted by Crippen LogP contribution is 2.32. The van der Waals surface area contributed by atoms with Gasteiger partial charge in [-0.15, -0.1) is 11.3 Å². The summed E-state index contributed by atoms with van der Waals surface area (Å²) in [5, 5.41) is 9.64. The Hall–Kier alpha value is -4.89. The molecule has 0 bridgehead atoms. The van der Waals surface area contributed by atoms with E-state index in [4.69, 9.17) is 14.7 Å². The quantitative estimate of drug-likeness (QED) is 0.278. The highest BCUT2D eigenvalue weighted by Gasteiger charge is 2.17. The molecule has 9 heteroatoms. The molecule has 0 aliphatic heterocycles. The van der Waals surface area contributed by atoms with Crippen LogP contribution in [0.3, 0.4) is 0 Å². The van der Waals surface area contributed by atoms with Crippen LogP contribution in [0.25, 0.3) is 55.4 Å². The van der Waals surface area contributed by atoms with Crippen molar-refractivity contribution in [3.63, 3.8) is 0 Å². The minimum Gasteiger partial charge on any atom is -0.487 e. The molecule has 6 heterocycles. The molecule has 0 saturated heterocycles. The molecule has 1 aromatic carbocycles. The van der Waals surface area contributed by atoms with E-state index in [1.165, 1.54) is 0 Å². The van der Waals surface area contributed by atoms with E-state index in [0.29, 0.717) is 23.9 Å². The van der Waals surface area contributed by atoms with E-state index in [-0.39, 0.29) is 0 Å². The summed E-state index contributed by atoms with van der Waals surface area (Å²) in [5.74, 6) is 1.32. The van der Waals surface area contributed by atoms with Crippen LogP contribution in [0.2, 0.25) is 0 Å². The number of pyridine rings is 3. The van der Waals surface area contributed by atoms with Crippen molar-refractivity contribution in [2.45, 2.75) is 6.61 Å². The van der Waals surface area contributed by atoms with Crippen molar-refractivity contribution in [3.8, 4) is 39.1 Å². The Labute approximate surface area is 215 Å². The fraction of sp³-hybridized carbons (Fsp3) is 0.0357. The number of thiophene rings is 1. The Morgan fingerprint density at radius 2 is 1.76 bits per heavy atom. The zero-order valence-electron chi connectivity index (χ0n) is 19.4. The first kappa shape index (κ1) is 21.4. The summed E-state index contributed by atoms with van der Waals surface area (Å²) in [6, 6.07) is 21.9. The van der Waals surface area contributed by atoms with Gasteiger partial charge in [0.1, 0.15) is 29.1 Å². The van der Waals surface area contributed by atoms with E-state index >= 15 is 0 Å². The molecule has 7 rings (SSSR count). The molecular formula is C28H19N7OS. The van der Waals surface area contributed by atoms with E-state index in [1.54, 1.807) is 29.9 Å². The summed E-state index contributed by atoms with van der Waals surface area (Å²) in [7, 11) is 0. The summed E-state index contributed by atoms with van der Waals surface area (Å²) >= 11 is 1.64. The molecule has 0 radical (unpaired) electrons. The molecule has 0 amide bonds. The van der Waals surface area contributed by atoms with Gasteiger partial charge in [-0.3, -0.25) is 15.1 Å². The molecule has 6 aromatic heterocycles. The number of imidazole rings is 1. The maximum atomic E-state index is 5.97. The Bertz CT molecular complexity index is 1840. The van der Waals surface area contributed by atoms with E-state index in [9.17, 15) is 0 Å². The Kier molecular flexibility index (Phi) is 5.18. The van der Waals surface area contributed by atoms with Gasteiger partial charge < -0.3 is 9.72 Å². The standard InChI is InChI=1S/C28H19N7OS/c1-2-5-17(6-3-1)16-36-19-13-18(14-29-15-19)20-8-9-22-25(31-20)27(35-34-22)28-32-21-10-11-30-26(24(21)33-28)23-7-4-12-37-23/h1-15H,16H2,(H,32,33)(H,34,35). The average molecular weight is 502 g/mol. The topological polar surface area (TPSA) is 105 Å². The lowest BCUT2D eigenvalue weighted by Crippen LogP contribution is -1.96. The number of rotatable bonds is 6. The van der Waals surface area contributed by atoms with Gasteiger partial charge in [-0.05, 0) is 41.3 Å². The van der Waals surface area contributed by atoms with E-state index < -0.39 is 0 Å². The monoisotopic (exact) mass is 501 g/mol. The molecule has 178 valence electrons. The van der Waals surface area contributed by atoms with Crippen LogP contribution in [0.1, 0.15) is 5.56 Å². The predicted molar refractivity (Wildman–Crippen MR) is 144 cm³/mol. The molecule has 2 N–H and O–H groups in total. The fourth-order valence-corrected chi connectivity index (χ4v) is 4.97. The number of H-pyrrole nitrogens is 2. The van der Waals surface area contributed by atoms with E-state index in [0.717, 1.165) is 49.5 Å². The highest BCUT2D eigenvalue weighted by atomic mass is 32.1. The van der Waals surface area contributed by atoms with Crippen molar-refractivity contribution >= 4 is 33.4 Å². The van der Waals surface area contributed by atoms with Gasteiger partial charge >= 0.3 is 0 Å². The normalized spacial score (nSPS) is 11.4. The van der Waals surface area contributed by atoms with Gasteiger partial charge in [0, 0.05) is 18.0 Å². The number of nitrogens with one attached hydrogen (secondary N) is 2. The molecule has 0 unspecified atom stereocenters. The number of aromatic amines is 2. The summed E-state index contributed by atoms with van der Waals surface area (Å²) in [6.07, 6.45) is 5.28. The van der Waals surface area contributed by atoms with Gasteiger partial charge in [0.25, 0.3) is 0 Å². The smallest absolute Gasteiger partial charge is 0.161 e. The number of fused-ring (bicyclic) bond motifs is 2. The maximum absolute atomic E-state index is 5.97. The molecule has 0 aliphatic carbocycles. The zero-order valence-corrected chi connectivity index (χ0v) is 20.2. The number of ether oxygens (including phenoxy) is 1. The van der Waals surface area contributed by atoms with Crippen LogP contribution >= 0.6 is 11.3 Å². The minimum absolute atomic E-state index is 0.471. The van der Waals surface area contributed by atoms with Crippen molar-refractivity contribution in [1.29, 1.82) is 0 Å². The first-order valence-corrected chi connectivity index (χ1v) is 12.6. The van der Waals surface area contributed by atoms with Crippen LogP contribution in [-0.2, 0) is 6.61 Å². The Balaban J connectivity index is 1.24. The number of nitrogens with zero attached hydrogens (tertiary/aromatic N) is 5. The first-order valence-electron chi connectivity index (χ1n) is 11.7. The summed E-state index contributed by atoms with van der Waals surface area (Å²) < 4.78 is 5.97. The largest absolute Gasteiger partial charge is 0.487 e. The number of hydrogen-bond acceptors (Lipinski definition) is 7. The van der Waals surface area contributed by atoms with E-state index in [2.05, 4.69) is 25.1 Å². The number of hydrogen-bond donors (Lipinski definition) is 2. The molecule has 8 nitrogen and oxygen atoms in total. The minimum atomic E-state index is 0.471. The Morgan fingerprint density at radius 3 is 2.65 bits per heavy atom. The molecule has 0 fully saturated rings. The molecule has 37 heavy (non-hydrogen) atoms. The fourth-order valence-electron chi connectivity index (χ4n) is 4.24. The average Bonchev–Trinajstić information content (AvgIpc) is 3.71. The van der Waals surface area contributed by atoms with Crippen molar-refractivity contribution < 1.29 is 4.74 Å². The van der Waals surface area contributed by atoms with Gasteiger partial charge in [-0.1, -0.05) is 36.4 Å². The second kappa shape index (κ2) is 8.96. The molecule has 0 atom stereocenters. The summed E-state index contributed by atoms with van der Waals surface area (Å²) in [6.45, 7) is 0.471. The molecule has 0 spiro atoms. The predicted octanol–water partition coefficient (Wildman–Crippen LogP) is 6.27. The van der Waals surface area contributed by atoms with Crippen LogP contribution in [0, 0.1) is 0 Å².